The maximum Gasteiger partial charge on any atom is 0.129 e. The number of benzene rings is 1. The molecule has 0 bridgehead atoms. The van der Waals surface area contributed by atoms with E-state index in [0.717, 1.165) is 41.5 Å². The molecule has 0 amide bonds. The van der Waals surface area contributed by atoms with E-state index in [1.54, 1.807) is 14.2 Å². The minimum atomic E-state index is 0.786. The lowest BCUT2D eigenvalue weighted by atomic mass is 10.1. The zero-order chi connectivity index (χ0) is 12.0. The molecule has 16 heavy (non-hydrogen) atoms. The van der Waals surface area contributed by atoms with Gasteiger partial charge in [0.25, 0.3) is 0 Å². The molecule has 3 nitrogen and oxygen atoms in total. The second kappa shape index (κ2) is 6.66. The molecule has 1 aromatic rings. The first-order valence-corrected chi connectivity index (χ1v) is 5.89. The Balaban J connectivity index is 2.88. The first-order valence-electron chi connectivity index (χ1n) is 5.26. The van der Waals surface area contributed by atoms with Gasteiger partial charge in [0.1, 0.15) is 11.5 Å². The fourth-order valence-corrected chi connectivity index (χ4v) is 1.83. The maximum absolute atomic E-state index is 5.41. The first-order chi connectivity index (χ1) is 7.74. The van der Waals surface area contributed by atoms with Crippen LogP contribution in [0.3, 0.4) is 0 Å². The van der Waals surface area contributed by atoms with Crippen molar-refractivity contribution in [3.8, 4) is 11.5 Å². The molecule has 0 aliphatic heterocycles. The van der Waals surface area contributed by atoms with E-state index in [4.69, 9.17) is 9.47 Å². The molecule has 0 saturated carbocycles. The highest BCUT2D eigenvalue weighted by Crippen LogP contribution is 2.30. The van der Waals surface area contributed by atoms with Gasteiger partial charge in [0, 0.05) is 30.0 Å². The molecule has 0 atom stereocenters. The van der Waals surface area contributed by atoms with Crippen LogP contribution in [0.5, 0.6) is 11.5 Å². The summed E-state index contributed by atoms with van der Waals surface area (Å²) in [7, 11) is 3.35. The quantitative estimate of drug-likeness (QED) is 0.590. The summed E-state index contributed by atoms with van der Waals surface area (Å²) >= 11 is 4.15. The van der Waals surface area contributed by atoms with Crippen molar-refractivity contribution >= 4 is 12.6 Å². The van der Waals surface area contributed by atoms with E-state index >= 15 is 0 Å². The van der Waals surface area contributed by atoms with Crippen molar-refractivity contribution < 1.29 is 9.47 Å². The maximum atomic E-state index is 5.41. The van der Waals surface area contributed by atoms with Crippen molar-refractivity contribution in [2.75, 3.05) is 26.5 Å². The number of thiol groups is 1. The van der Waals surface area contributed by atoms with Gasteiger partial charge in [0.05, 0.1) is 14.2 Å². The molecule has 1 rings (SSSR count). The zero-order valence-electron chi connectivity index (χ0n) is 10.0. The second-order valence-electron chi connectivity index (χ2n) is 3.49. The van der Waals surface area contributed by atoms with Crippen LogP contribution in [0.1, 0.15) is 11.1 Å². The van der Waals surface area contributed by atoms with Crippen molar-refractivity contribution in [1.29, 1.82) is 0 Å². The van der Waals surface area contributed by atoms with Crippen molar-refractivity contribution in [1.82, 2.24) is 5.32 Å². The van der Waals surface area contributed by atoms with Gasteiger partial charge >= 0.3 is 0 Å². The second-order valence-corrected chi connectivity index (χ2v) is 3.93. The van der Waals surface area contributed by atoms with Crippen LogP contribution in [0.15, 0.2) is 12.1 Å². The lowest BCUT2D eigenvalue weighted by molar-refractivity contribution is 0.384. The average molecular weight is 241 g/mol. The van der Waals surface area contributed by atoms with Gasteiger partial charge in [0.2, 0.25) is 0 Å². The van der Waals surface area contributed by atoms with E-state index in [1.165, 1.54) is 0 Å². The van der Waals surface area contributed by atoms with Crippen LogP contribution in [-0.4, -0.2) is 26.5 Å². The predicted octanol–water partition coefficient (Wildman–Crippen LogP) is 2.03. The number of methoxy groups -OCH3 is 2. The van der Waals surface area contributed by atoms with Crippen LogP contribution in [0.25, 0.3) is 0 Å². The van der Waals surface area contributed by atoms with Crippen molar-refractivity contribution in [3.63, 3.8) is 0 Å². The summed E-state index contributed by atoms with van der Waals surface area (Å²) < 4.78 is 10.7. The lowest BCUT2D eigenvalue weighted by Crippen LogP contribution is -2.16. The fraction of sp³-hybridized carbons (Fsp3) is 0.500. The highest BCUT2D eigenvalue weighted by atomic mass is 32.1. The average Bonchev–Trinajstić information content (AvgIpc) is 2.30. The Labute approximate surface area is 103 Å². The van der Waals surface area contributed by atoms with Gasteiger partial charge in [-0.2, -0.15) is 12.6 Å². The van der Waals surface area contributed by atoms with Crippen LogP contribution >= 0.6 is 12.6 Å². The number of hydrogen-bond donors (Lipinski definition) is 2. The Kier molecular flexibility index (Phi) is 5.49. The van der Waals surface area contributed by atoms with E-state index in [-0.39, 0.29) is 0 Å². The molecule has 0 aliphatic carbocycles. The molecule has 1 aromatic carbocycles. The number of ether oxygens (including phenoxy) is 2. The first kappa shape index (κ1) is 13.2. The van der Waals surface area contributed by atoms with Gasteiger partial charge in [0.15, 0.2) is 0 Å². The molecule has 0 fully saturated rings. The zero-order valence-corrected chi connectivity index (χ0v) is 10.9. The van der Waals surface area contributed by atoms with Crippen LogP contribution < -0.4 is 14.8 Å². The lowest BCUT2D eigenvalue weighted by Gasteiger charge is -2.14. The third kappa shape index (κ3) is 3.06. The third-order valence-corrected chi connectivity index (χ3v) is 2.69. The molecule has 0 radical (unpaired) electrons. The molecular formula is C12H19NO2S. The number of rotatable bonds is 6. The molecule has 0 heterocycles. The molecule has 90 valence electrons. The van der Waals surface area contributed by atoms with E-state index in [9.17, 15) is 0 Å². The molecule has 1 N–H and O–H groups in total. The molecule has 0 unspecified atom stereocenters. The number of nitrogens with one attached hydrogen (secondary N) is 1. The van der Waals surface area contributed by atoms with Crippen LogP contribution in [0.2, 0.25) is 0 Å². The minimum Gasteiger partial charge on any atom is -0.496 e. The smallest absolute Gasteiger partial charge is 0.129 e. The van der Waals surface area contributed by atoms with Gasteiger partial charge in [-0.25, -0.2) is 0 Å². The fourth-order valence-electron chi connectivity index (χ4n) is 1.68. The van der Waals surface area contributed by atoms with Gasteiger partial charge in [-0.15, -0.1) is 0 Å². The van der Waals surface area contributed by atoms with Crippen LogP contribution in [0.4, 0.5) is 0 Å². The molecule has 0 aliphatic rings. The van der Waals surface area contributed by atoms with E-state index in [1.807, 2.05) is 19.1 Å². The summed E-state index contributed by atoms with van der Waals surface area (Å²) in [6.45, 7) is 3.67. The summed E-state index contributed by atoms with van der Waals surface area (Å²) in [5.41, 5.74) is 2.18. The standard InChI is InChI=1S/C12H19NO2S/c1-9-11(14-2)5-4-10(12(9)15-3)8-13-6-7-16/h4-5,13,16H,6-8H2,1-3H3. The molecule has 0 saturated heterocycles. The Morgan fingerprint density at radius 3 is 2.56 bits per heavy atom. The summed E-state index contributed by atoms with van der Waals surface area (Å²) in [4.78, 5) is 0. The molecule has 0 spiro atoms. The molecular weight excluding hydrogens is 222 g/mol. The Bertz CT molecular complexity index is 342. The van der Waals surface area contributed by atoms with Crippen LogP contribution in [0, 0.1) is 6.92 Å². The van der Waals surface area contributed by atoms with Crippen molar-refractivity contribution in [3.05, 3.63) is 23.3 Å². The van der Waals surface area contributed by atoms with Gasteiger partial charge in [-0.3, -0.25) is 0 Å². The Morgan fingerprint density at radius 1 is 1.25 bits per heavy atom. The normalized spacial score (nSPS) is 10.2. The van der Waals surface area contributed by atoms with Gasteiger partial charge < -0.3 is 14.8 Å². The highest BCUT2D eigenvalue weighted by molar-refractivity contribution is 7.80. The predicted molar refractivity (Wildman–Crippen MR) is 69.8 cm³/mol. The molecule has 0 aromatic heterocycles. The summed E-state index contributed by atoms with van der Waals surface area (Å²) in [6.07, 6.45) is 0. The van der Waals surface area contributed by atoms with E-state index < -0.39 is 0 Å². The highest BCUT2D eigenvalue weighted by Gasteiger charge is 2.10. The summed E-state index contributed by atoms with van der Waals surface area (Å²) in [6, 6.07) is 3.99. The topological polar surface area (TPSA) is 30.5 Å². The van der Waals surface area contributed by atoms with E-state index in [0.29, 0.717) is 0 Å². The van der Waals surface area contributed by atoms with Gasteiger partial charge in [-0.05, 0) is 13.0 Å². The SMILES string of the molecule is COc1ccc(CNCCS)c(OC)c1C. The summed E-state index contributed by atoms with van der Waals surface area (Å²) in [5.74, 6) is 2.58. The van der Waals surface area contributed by atoms with Crippen molar-refractivity contribution in [2.24, 2.45) is 0 Å². The Hall–Kier alpha value is -0.870. The minimum absolute atomic E-state index is 0.786. The Morgan fingerprint density at radius 2 is 2.00 bits per heavy atom. The third-order valence-electron chi connectivity index (χ3n) is 2.47. The summed E-state index contributed by atoms with van der Waals surface area (Å²) in [5, 5.41) is 3.29. The number of hydrogen-bond acceptors (Lipinski definition) is 4. The van der Waals surface area contributed by atoms with E-state index in [2.05, 4.69) is 17.9 Å². The largest absolute Gasteiger partial charge is 0.496 e. The monoisotopic (exact) mass is 241 g/mol. The van der Waals surface area contributed by atoms with Crippen LogP contribution in [-0.2, 0) is 6.54 Å². The molecule has 4 heteroatoms. The van der Waals surface area contributed by atoms with Gasteiger partial charge in [-0.1, -0.05) is 6.07 Å². The van der Waals surface area contributed by atoms with Crippen molar-refractivity contribution in [2.45, 2.75) is 13.5 Å².